The molecule has 0 bridgehead atoms. The van der Waals surface area contributed by atoms with Crippen LogP contribution in [-0.4, -0.2) is 35.6 Å². The van der Waals surface area contributed by atoms with Crippen LogP contribution in [0.3, 0.4) is 0 Å². The van der Waals surface area contributed by atoms with Gasteiger partial charge < -0.3 is 10.1 Å². The molecular formula is C20H20ClN3O2. The van der Waals surface area contributed by atoms with Gasteiger partial charge in [-0.25, -0.2) is 4.98 Å². The number of rotatable bonds is 7. The molecule has 1 amide bonds. The Labute approximate surface area is 157 Å². The highest BCUT2D eigenvalue weighted by Crippen LogP contribution is 2.26. The smallest absolute Gasteiger partial charge is 0.252 e. The van der Waals surface area contributed by atoms with E-state index in [2.05, 4.69) is 15.3 Å². The zero-order chi connectivity index (χ0) is 18.4. The topological polar surface area (TPSA) is 64.1 Å². The molecule has 26 heavy (non-hydrogen) atoms. The van der Waals surface area contributed by atoms with Gasteiger partial charge in [0.1, 0.15) is 0 Å². The molecule has 0 spiro atoms. The largest absolute Gasteiger partial charge is 0.382 e. The van der Waals surface area contributed by atoms with Crippen molar-refractivity contribution in [1.29, 1.82) is 0 Å². The molecular weight excluding hydrogens is 350 g/mol. The average molecular weight is 370 g/mol. The number of nitrogens with zero attached hydrogens (tertiary/aromatic N) is 2. The van der Waals surface area contributed by atoms with E-state index in [0.29, 0.717) is 36.0 Å². The summed E-state index contributed by atoms with van der Waals surface area (Å²) in [5.74, 6) is -0.152. The summed E-state index contributed by atoms with van der Waals surface area (Å²) in [5.41, 5.74) is 2.82. The van der Waals surface area contributed by atoms with Crippen molar-refractivity contribution < 1.29 is 9.53 Å². The van der Waals surface area contributed by atoms with Gasteiger partial charge in [0, 0.05) is 48.1 Å². The van der Waals surface area contributed by atoms with Crippen LogP contribution in [-0.2, 0) is 4.74 Å². The molecule has 0 radical (unpaired) electrons. The molecule has 2 heterocycles. The summed E-state index contributed by atoms with van der Waals surface area (Å²) in [4.78, 5) is 21.5. The Morgan fingerprint density at radius 2 is 2.15 bits per heavy atom. The fourth-order valence-corrected chi connectivity index (χ4v) is 2.84. The maximum Gasteiger partial charge on any atom is 0.252 e. The van der Waals surface area contributed by atoms with Crippen LogP contribution in [0, 0.1) is 0 Å². The maximum absolute atomic E-state index is 12.7. The Balaban J connectivity index is 1.93. The van der Waals surface area contributed by atoms with E-state index < -0.39 is 0 Å². The van der Waals surface area contributed by atoms with Crippen molar-refractivity contribution in [2.24, 2.45) is 0 Å². The van der Waals surface area contributed by atoms with E-state index in [1.54, 1.807) is 30.6 Å². The van der Waals surface area contributed by atoms with Crippen LogP contribution in [0.15, 0.2) is 48.8 Å². The molecule has 0 saturated carbocycles. The summed E-state index contributed by atoms with van der Waals surface area (Å²) >= 11 is 6.13. The van der Waals surface area contributed by atoms with Gasteiger partial charge in [-0.15, -0.1) is 0 Å². The molecule has 0 aliphatic heterocycles. The van der Waals surface area contributed by atoms with Crippen LogP contribution in [0.25, 0.3) is 22.2 Å². The van der Waals surface area contributed by atoms with Crippen LogP contribution >= 0.6 is 11.6 Å². The van der Waals surface area contributed by atoms with Crippen molar-refractivity contribution in [2.45, 2.75) is 13.3 Å². The molecule has 1 N–H and O–H groups in total. The van der Waals surface area contributed by atoms with Gasteiger partial charge in [-0.1, -0.05) is 11.6 Å². The molecule has 134 valence electrons. The van der Waals surface area contributed by atoms with Crippen LogP contribution in [0.5, 0.6) is 0 Å². The second-order valence-corrected chi connectivity index (χ2v) is 6.20. The molecule has 0 aliphatic rings. The summed E-state index contributed by atoms with van der Waals surface area (Å²) in [5, 5.41) is 4.24. The van der Waals surface area contributed by atoms with Crippen molar-refractivity contribution in [1.82, 2.24) is 15.3 Å². The number of fused-ring (bicyclic) bond motifs is 1. The number of carbonyl (C=O) groups excluding carboxylic acids is 1. The first-order chi connectivity index (χ1) is 12.7. The summed E-state index contributed by atoms with van der Waals surface area (Å²) in [6.45, 7) is 3.80. The van der Waals surface area contributed by atoms with Gasteiger partial charge in [0.2, 0.25) is 0 Å². The number of aromatic nitrogens is 2. The predicted molar refractivity (Wildman–Crippen MR) is 103 cm³/mol. The van der Waals surface area contributed by atoms with Crippen LogP contribution in [0.1, 0.15) is 23.7 Å². The van der Waals surface area contributed by atoms with Gasteiger partial charge in [0.15, 0.2) is 0 Å². The van der Waals surface area contributed by atoms with Gasteiger partial charge in [-0.2, -0.15) is 0 Å². The molecule has 0 unspecified atom stereocenters. The standard InChI is InChI=1S/C20H20ClN3O2/c1-2-26-10-4-9-23-20(25)17-12-19(14-5-3-8-22-13-14)24-18-7-6-15(21)11-16(17)18/h3,5-8,11-13H,2,4,9-10H2,1H3,(H,23,25). The lowest BCUT2D eigenvalue weighted by atomic mass is 10.0. The van der Waals surface area contributed by atoms with E-state index in [0.717, 1.165) is 22.9 Å². The Kier molecular flexibility index (Phi) is 6.15. The van der Waals surface area contributed by atoms with E-state index >= 15 is 0 Å². The minimum Gasteiger partial charge on any atom is -0.382 e. The number of hydrogen-bond acceptors (Lipinski definition) is 4. The fourth-order valence-electron chi connectivity index (χ4n) is 2.66. The van der Waals surface area contributed by atoms with Gasteiger partial charge in [-0.3, -0.25) is 9.78 Å². The monoisotopic (exact) mass is 369 g/mol. The molecule has 0 saturated heterocycles. The maximum atomic E-state index is 12.7. The molecule has 3 aromatic rings. The van der Waals surface area contributed by atoms with Gasteiger partial charge >= 0.3 is 0 Å². The number of pyridine rings is 2. The number of nitrogens with one attached hydrogen (secondary N) is 1. The van der Waals surface area contributed by atoms with Crippen molar-refractivity contribution >= 4 is 28.4 Å². The van der Waals surface area contributed by atoms with Crippen molar-refractivity contribution in [3.05, 3.63) is 59.4 Å². The third-order valence-corrected chi connectivity index (χ3v) is 4.16. The predicted octanol–water partition coefficient (Wildman–Crippen LogP) is 4.11. The Morgan fingerprint density at radius 3 is 2.92 bits per heavy atom. The quantitative estimate of drug-likeness (QED) is 0.636. The second-order valence-electron chi connectivity index (χ2n) is 5.76. The highest BCUT2D eigenvalue weighted by Gasteiger charge is 2.14. The van der Waals surface area contributed by atoms with E-state index in [4.69, 9.17) is 16.3 Å². The van der Waals surface area contributed by atoms with E-state index in [1.165, 1.54) is 0 Å². The Hall–Kier alpha value is -2.50. The van der Waals surface area contributed by atoms with Crippen molar-refractivity contribution in [3.8, 4) is 11.3 Å². The molecule has 0 fully saturated rings. The van der Waals surface area contributed by atoms with Crippen LogP contribution < -0.4 is 5.32 Å². The first-order valence-corrected chi connectivity index (χ1v) is 8.93. The number of amides is 1. The van der Waals surface area contributed by atoms with Crippen molar-refractivity contribution in [3.63, 3.8) is 0 Å². The third kappa shape index (κ3) is 4.36. The zero-order valence-corrected chi connectivity index (χ0v) is 15.3. The second kappa shape index (κ2) is 8.74. The molecule has 3 rings (SSSR count). The Morgan fingerprint density at radius 1 is 1.27 bits per heavy atom. The van der Waals surface area contributed by atoms with Crippen molar-refractivity contribution in [2.75, 3.05) is 19.8 Å². The minimum atomic E-state index is -0.152. The zero-order valence-electron chi connectivity index (χ0n) is 14.5. The van der Waals surface area contributed by atoms with Crippen LogP contribution in [0.4, 0.5) is 0 Å². The minimum absolute atomic E-state index is 0.152. The van der Waals surface area contributed by atoms with Gasteiger partial charge in [-0.05, 0) is 49.7 Å². The molecule has 0 atom stereocenters. The molecule has 5 nitrogen and oxygen atoms in total. The number of carbonyl (C=O) groups is 1. The van der Waals surface area contributed by atoms with Gasteiger partial charge in [0.05, 0.1) is 16.8 Å². The summed E-state index contributed by atoms with van der Waals surface area (Å²) in [6, 6.07) is 10.9. The fraction of sp³-hybridized carbons (Fsp3) is 0.250. The molecule has 0 aliphatic carbocycles. The number of benzene rings is 1. The molecule has 2 aromatic heterocycles. The lowest BCUT2D eigenvalue weighted by Gasteiger charge is -2.11. The summed E-state index contributed by atoms with van der Waals surface area (Å²) in [6.07, 6.45) is 4.20. The normalized spacial score (nSPS) is 10.8. The highest BCUT2D eigenvalue weighted by atomic mass is 35.5. The summed E-state index contributed by atoms with van der Waals surface area (Å²) in [7, 11) is 0. The first kappa shape index (κ1) is 18.3. The third-order valence-electron chi connectivity index (χ3n) is 3.93. The van der Waals surface area contributed by atoms with Crippen LogP contribution in [0.2, 0.25) is 5.02 Å². The lowest BCUT2D eigenvalue weighted by Crippen LogP contribution is -2.25. The highest BCUT2D eigenvalue weighted by molar-refractivity contribution is 6.31. The number of hydrogen-bond donors (Lipinski definition) is 1. The Bertz CT molecular complexity index is 900. The molecule has 6 heteroatoms. The number of halogens is 1. The lowest BCUT2D eigenvalue weighted by molar-refractivity contribution is 0.0946. The average Bonchev–Trinajstić information content (AvgIpc) is 2.67. The van der Waals surface area contributed by atoms with E-state index in [9.17, 15) is 4.79 Å². The van der Waals surface area contributed by atoms with E-state index in [1.807, 2.05) is 25.1 Å². The number of ether oxygens (including phenoxy) is 1. The van der Waals surface area contributed by atoms with Gasteiger partial charge in [0.25, 0.3) is 5.91 Å². The summed E-state index contributed by atoms with van der Waals surface area (Å²) < 4.78 is 5.30. The molecule has 1 aromatic carbocycles. The SMILES string of the molecule is CCOCCCNC(=O)c1cc(-c2cccnc2)nc2ccc(Cl)cc12. The van der Waals surface area contributed by atoms with E-state index in [-0.39, 0.29) is 5.91 Å². The first-order valence-electron chi connectivity index (χ1n) is 8.55.